The van der Waals surface area contributed by atoms with Crippen molar-refractivity contribution in [2.75, 3.05) is 24.7 Å². The van der Waals surface area contributed by atoms with Crippen LogP contribution in [-0.4, -0.2) is 31.7 Å². The topological polar surface area (TPSA) is 91.4 Å². The minimum absolute atomic E-state index is 0.315. The van der Waals surface area contributed by atoms with E-state index in [0.29, 0.717) is 25.4 Å². The number of rotatable bonds is 7. The van der Waals surface area contributed by atoms with E-state index < -0.39 is 6.03 Å². The predicted molar refractivity (Wildman–Crippen MR) is 105 cm³/mol. The van der Waals surface area contributed by atoms with Crippen LogP contribution in [0.25, 0.3) is 0 Å². The minimum Gasteiger partial charge on any atom is -0.379 e. The number of para-hydroxylation sites is 1. The number of nitrogens with one attached hydrogen (secondary N) is 2. The maximum absolute atomic E-state index is 12.5. The highest BCUT2D eigenvalue weighted by Crippen LogP contribution is 2.24. The molecule has 0 aliphatic carbocycles. The van der Waals surface area contributed by atoms with Gasteiger partial charge in [-0.1, -0.05) is 48.5 Å². The Balaban J connectivity index is 1.82. The number of hydrogen-bond donors (Lipinski definition) is 3. The summed E-state index contributed by atoms with van der Waals surface area (Å²) in [5.41, 5.74) is 9.27. The lowest BCUT2D eigenvalue weighted by Gasteiger charge is -2.24. The van der Waals surface area contributed by atoms with Crippen molar-refractivity contribution in [3.05, 3.63) is 65.2 Å². The number of hydrogen-bond acceptors (Lipinski definition) is 3. The van der Waals surface area contributed by atoms with E-state index in [-0.39, 0.29) is 5.96 Å². The molecule has 0 aliphatic heterocycles. The summed E-state index contributed by atoms with van der Waals surface area (Å²) in [6.45, 7) is 5.11. The second-order valence-corrected chi connectivity index (χ2v) is 6.04. The molecular formula is C20H26N4O2. The molecule has 0 fully saturated rings. The molecule has 2 rings (SSSR count). The number of nitrogens with zero attached hydrogens (tertiary/aromatic N) is 1. The summed E-state index contributed by atoms with van der Waals surface area (Å²) < 4.78 is 5.56. The van der Waals surface area contributed by atoms with E-state index >= 15 is 0 Å². The maximum Gasteiger partial charge on any atom is 0.328 e. The van der Waals surface area contributed by atoms with Gasteiger partial charge in [-0.3, -0.25) is 5.41 Å². The zero-order valence-electron chi connectivity index (χ0n) is 15.3. The van der Waals surface area contributed by atoms with E-state index in [4.69, 9.17) is 15.9 Å². The average molecular weight is 354 g/mol. The largest absolute Gasteiger partial charge is 0.379 e. The Labute approximate surface area is 154 Å². The van der Waals surface area contributed by atoms with Gasteiger partial charge in [-0.15, -0.1) is 0 Å². The smallest absolute Gasteiger partial charge is 0.328 e. The van der Waals surface area contributed by atoms with Gasteiger partial charge in [0.2, 0.25) is 5.96 Å². The zero-order valence-corrected chi connectivity index (χ0v) is 15.3. The summed E-state index contributed by atoms with van der Waals surface area (Å²) in [5, 5.41) is 10.5. The Bertz CT molecular complexity index is 726. The fourth-order valence-corrected chi connectivity index (χ4v) is 2.74. The summed E-state index contributed by atoms with van der Waals surface area (Å²) in [5.74, 6) is -0.315. The first-order valence-electron chi connectivity index (χ1n) is 8.60. The summed E-state index contributed by atoms with van der Waals surface area (Å²) in [7, 11) is 0. The van der Waals surface area contributed by atoms with Gasteiger partial charge in [0.05, 0.1) is 18.9 Å². The van der Waals surface area contributed by atoms with Crippen LogP contribution < -0.4 is 16.0 Å². The van der Waals surface area contributed by atoms with Gasteiger partial charge in [0.1, 0.15) is 0 Å². The van der Waals surface area contributed by atoms with Crippen molar-refractivity contribution in [1.29, 1.82) is 5.41 Å². The minimum atomic E-state index is -0.429. The average Bonchev–Trinajstić information content (AvgIpc) is 2.61. The maximum atomic E-state index is 12.5. The number of guanidine groups is 1. The number of amides is 2. The molecule has 138 valence electrons. The summed E-state index contributed by atoms with van der Waals surface area (Å²) in [6.07, 6.45) is 0.830. The van der Waals surface area contributed by atoms with Crippen LogP contribution in [0.4, 0.5) is 10.5 Å². The third-order valence-corrected chi connectivity index (χ3v) is 4.01. The van der Waals surface area contributed by atoms with E-state index in [9.17, 15) is 4.79 Å². The molecule has 0 aliphatic rings. The Morgan fingerprint density at radius 3 is 2.35 bits per heavy atom. The third-order valence-electron chi connectivity index (χ3n) is 4.01. The molecule has 2 amide bonds. The van der Waals surface area contributed by atoms with Crippen LogP contribution in [0.5, 0.6) is 0 Å². The van der Waals surface area contributed by atoms with Gasteiger partial charge >= 0.3 is 6.03 Å². The van der Waals surface area contributed by atoms with Gasteiger partial charge in [-0.25, -0.2) is 9.69 Å². The van der Waals surface area contributed by atoms with Crippen molar-refractivity contribution in [2.24, 2.45) is 5.73 Å². The molecule has 0 radical (unpaired) electrons. The van der Waals surface area contributed by atoms with E-state index in [1.807, 2.05) is 50.2 Å². The number of benzene rings is 2. The standard InChI is InChI=1S/C20H26N4O2/c1-15-7-6-8-16(2)18(15)24(19(21)22)20(25)23-12-14-26-13-11-17-9-4-3-5-10-17/h3-10H,11-14H2,1-2H3,(H3,21,22)(H,23,25). The Hall–Kier alpha value is -2.86. The normalized spacial score (nSPS) is 10.4. The number of carbonyl (C=O) groups excluding carboxylic acids is 1. The van der Waals surface area contributed by atoms with Crippen LogP contribution in [0.1, 0.15) is 16.7 Å². The molecule has 0 heterocycles. The highest BCUT2D eigenvalue weighted by atomic mass is 16.5. The molecule has 26 heavy (non-hydrogen) atoms. The molecule has 6 heteroatoms. The van der Waals surface area contributed by atoms with Gasteiger partial charge in [0.15, 0.2) is 0 Å². The highest BCUT2D eigenvalue weighted by Gasteiger charge is 2.21. The van der Waals surface area contributed by atoms with Gasteiger partial charge in [-0.2, -0.15) is 0 Å². The fraction of sp³-hybridized carbons (Fsp3) is 0.300. The van der Waals surface area contributed by atoms with Crippen LogP contribution in [0.3, 0.4) is 0 Å². The van der Waals surface area contributed by atoms with Gasteiger partial charge in [-0.05, 0) is 37.0 Å². The van der Waals surface area contributed by atoms with Crippen LogP contribution in [0.2, 0.25) is 0 Å². The second kappa shape index (κ2) is 9.58. The molecular weight excluding hydrogens is 328 g/mol. The van der Waals surface area contributed by atoms with Crippen molar-refractivity contribution >= 4 is 17.7 Å². The zero-order chi connectivity index (χ0) is 18.9. The molecule has 0 saturated heterocycles. The fourth-order valence-electron chi connectivity index (χ4n) is 2.74. The lowest BCUT2D eigenvalue weighted by atomic mass is 10.1. The van der Waals surface area contributed by atoms with Gasteiger partial charge < -0.3 is 15.8 Å². The van der Waals surface area contributed by atoms with Crippen LogP contribution in [0, 0.1) is 19.3 Å². The van der Waals surface area contributed by atoms with E-state index in [1.54, 1.807) is 0 Å². The quantitative estimate of drug-likeness (QED) is 0.405. The van der Waals surface area contributed by atoms with Crippen molar-refractivity contribution in [2.45, 2.75) is 20.3 Å². The molecule has 4 N–H and O–H groups in total. The third kappa shape index (κ3) is 5.32. The van der Waals surface area contributed by atoms with E-state index in [2.05, 4.69) is 17.4 Å². The summed E-state index contributed by atoms with van der Waals surface area (Å²) >= 11 is 0. The first-order valence-corrected chi connectivity index (χ1v) is 8.60. The number of carbonyl (C=O) groups is 1. The van der Waals surface area contributed by atoms with E-state index in [1.165, 1.54) is 10.5 Å². The number of nitrogens with two attached hydrogens (primary N) is 1. The Kier molecular flexibility index (Phi) is 7.17. The molecule has 2 aromatic rings. The van der Waals surface area contributed by atoms with Gasteiger partial charge in [0, 0.05) is 6.54 Å². The van der Waals surface area contributed by atoms with E-state index in [0.717, 1.165) is 17.5 Å². The summed E-state index contributed by atoms with van der Waals surface area (Å²) in [6, 6.07) is 15.3. The van der Waals surface area contributed by atoms with Crippen molar-refractivity contribution in [3.8, 4) is 0 Å². The van der Waals surface area contributed by atoms with Crippen LogP contribution >= 0.6 is 0 Å². The van der Waals surface area contributed by atoms with Crippen LogP contribution in [-0.2, 0) is 11.2 Å². The molecule has 2 aromatic carbocycles. The molecule has 0 aromatic heterocycles. The molecule has 0 atom stereocenters. The number of anilines is 1. The molecule has 0 saturated carbocycles. The molecule has 0 unspecified atom stereocenters. The molecule has 6 nitrogen and oxygen atoms in total. The lowest BCUT2D eigenvalue weighted by molar-refractivity contribution is 0.140. The molecule has 0 spiro atoms. The Morgan fingerprint density at radius 2 is 1.73 bits per heavy atom. The number of ether oxygens (including phenoxy) is 1. The van der Waals surface area contributed by atoms with Crippen LogP contribution in [0.15, 0.2) is 48.5 Å². The number of aryl methyl sites for hydroxylation is 2. The lowest BCUT2D eigenvalue weighted by Crippen LogP contribution is -2.48. The molecule has 0 bridgehead atoms. The second-order valence-electron chi connectivity index (χ2n) is 6.04. The monoisotopic (exact) mass is 354 g/mol. The van der Waals surface area contributed by atoms with Crippen molar-refractivity contribution in [3.63, 3.8) is 0 Å². The summed E-state index contributed by atoms with van der Waals surface area (Å²) in [4.78, 5) is 13.7. The van der Waals surface area contributed by atoms with Crippen molar-refractivity contribution < 1.29 is 9.53 Å². The van der Waals surface area contributed by atoms with Crippen molar-refractivity contribution in [1.82, 2.24) is 5.32 Å². The number of urea groups is 1. The SMILES string of the molecule is Cc1cccc(C)c1N(C(=N)N)C(=O)NCCOCCc1ccccc1. The van der Waals surface area contributed by atoms with Gasteiger partial charge in [0.25, 0.3) is 0 Å². The highest BCUT2D eigenvalue weighted by molar-refractivity contribution is 6.14. The predicted octanol–water partition coefficient (Wildman–Crippen LogP) is 2.97. The first-order chi connectivity index (χ1) is 12.5. The first kappa shape index (κ1) is 19.5. The Morgan fingerprint density at radius 1 is 1.08 bits per heavy atom.